The van der Waals surface area contributed by atoms with Gasteiger partial charge >= 0.3 is 5.69 Å². The largest absolute Gasteiger partial charge is 0.508 e. The summed E-state index contributed by atoms with van der Waals surface area (Å²) in [5, 5.41) is 20.2. The maximum atomic E-state index is 12.4. The van der Waals surface area contributed by atoms with Gasteiger partial charge in [-0.3, -0.25) is 14.8 Å². The number of aryl methyl sites for hydroxylation is 2. The van der Waals surface area contributed by atoms with E-state index >= 15 is 0 Å². The Bertz CT molecular complexity index is 1170. The molecule has 0 fully saturated rings. The predicted octanol–water partition coefficient (Wildman–Crippen LogP) is 2.26. The van der Waals surface area contributed by atoms with E-state index in [4.69, 9.17) is 11.1 Å². The molecule has 29 heavy (non-hydrogen) atoms. The van der Waals surface area contributed by atoms with E-state index in [0.29, 0.717) is 16.8 Å². The molecule has 3 aromatic rings. The van der Waals surface area contributed by atoms with E-state index in [9.17, 15) is 14.7 Å². The molecule has 6 N–H and O–H groups in total. The molecular formula is C21H23N5O3. The second kappa shape index (κ2) is 7.67. The normalized spacial score (nSPS) is 10.7. The van der Waals surface area contributed by atoms with E-state index < -0.39 is 0 Å². The first-order chi connectivity index (χ1) is 13.7. The number of nitrogens with zero attached hydrogens (tertiary/aromatic N) is 1. The molecule has 0 aliphatic heterocycles. The highest BCUT2D eigenvalue weighted by atomic mass is 16.3. The second-order valence-electron chi connectivity index (χ2n) is 6.96. The van der Waals surface area contributed by atoms with Crippen LogP contribution >= 0.6 is 0 Å². The predicted molar refractivity (Wildman–Crippen MR) is 112 cm³/mol. The first-order valence-electron chi connectivity index (χ1n) is 9.02. The smallest absolute Gasteiger partial charge is 0.330 e. The highest BCUT2D eigenvalue weighted by Gasteiger charge is 2.13. The minimum absolute atomic E-state index is 0.0330. The SMILES string of the molecule is Cc1cc(NC(=O)Cc2cc(C(=N)N)ccc2O)ccc1-n1c(C)c(C)[nH]c1=O. The molecule has 0 unspecified atom stereocenters. The molecule has 3 rings (SSSR count). The molecule has 0 atom stereocenters. The highest BCUT2D eigenvalue weighted by Crippen LogP contribution is 2.22. The number of phenolic OH excluding ortho intramolecular Hbond substituents is 1. The molecule has 1 aromatic heterocycles. The number of phenols is 1. The summed E-state index contributed by atoms with van der Waals surface area (Å²) in [6, 6.07) is 9.74. The molecule has 0 saturated heterocycles. The lowest BCUT2D eigenvalue weighted by Gasteiger charge is -2.12. The van der Waals surface area contributed by atoms with Crippen LogP contribution in [0.4, 0.5) is 5.69 Å². The van der Waals surface area contributed by atoms with Crippen molar-refractivity contribution in [2.24, 2.45) is 5.73 Å². The third kappa shape index (κ3) is 4.06. The van der Waals surface area contributed by atoms with Gasteiger partial charge in [0.2, 0.25) is 5.91 Å². The number of aromatic nitrogens is 2. The quantitative estimate of drug-likeness (QED) is 0.335. The van der Waals surface area contributed by atoms with E-state index in [1.54, 1.807) is 22.8 Å². The van der Waals surface area contributed by atoms with Crippen molar-refractivity contribution >= 4 is 17.4 Å². The van der Waals surface area contributed by atoms with Gasteiger partial charge in [0.1, 0.15) is 11.6 Å². The lowest BCUT2D eigenvalue weighted by Crippen LogP contribution is -2.18. The van der Waals surface area contributed by atoms with Gasteiger partial charge in [-0.15, -0.1) is 0 Å². The number of benzene rings is 2. The number of amidine groups is 1. The van der Waals surface area contributed by atoms with Crippen LogP contribution in [0.3, 0.4) is 0 Å². The highest BCUT2D eigenvalue weighted by molar-refractivity contribution is 5.96. The van der Waals surface area contributed by atoms with Crippen molar-refractivity contribution in [2.45, 2.75) is 27.2 Å². The molecule has 8 nitrogen and oxygen atoms in total. The topological polar surface area (TPSA) is 137 Å². The molecule has 0 aliphatic rings. The van der Waals surface area contributed by atoms with Crippen LogP contribution in [-0.4, -0.2) is 26.4 Å². The lowest BCUT2D eigenvalue weighted by atomic mass is 10.1. The van der Waals surface area contributed by atoms with Crippen LogP contribution < -0.4 is 16.7 Å². The monoisotopic (exact) mass is 393 g/mol. The Morgan fingerprint density at radius 2 is 1.93 bits per heavy atom. The Morgan fingerprint density at radius 3 is 2.52 bits per heavy atom. The second-order valence-corrected chi connectivity index (χ2v) is 6.96. The molecule has 0 aliphatic carbocycles. The number of carbonyl (C=O) groups is 1. The summed E-state index contributed by atoms with van der Waals surface area (Å²) in [4.78, 5) is 27.4. The van der Waals surface area contributed by atoms with Crippen LogP contribution in [0.15, 0.2) is 41.2 Å². The van der Waals surface area contributed by atoms with Crippen molar-refractivity contribution in [1.82, 2.24) is 9.55 Å². The summed E-state index contributed by atoms with van der Waals surface area (Å²) in [5.41, 5.74) is 9.86. The fraction of sp³-hybridized carbons (Fsp3) is 0.190. The standard InChI is InChI=1S/C21H23N5O3/c1-11-8-16(5-6-17(11)26-13(3)12(2)24-21(26)29)25-19(28)10-15-9-14(20(22)23)4-7-18(15)27/h4-9,27H,10H2,1-3H3,(H3,22,23)(H,24,29)(H,25,28). The van der Waals surface area contributed by atoms with Crippen molar-refractivity contribution < 1.29 is 9.90 Å². The molecule has 1 amide bonds. The van der Waals surface area contributed by atoms with Crippen molar-refractivity contribution in [3.63, 3.8) is 0 Å². The van der Waals surface area contributed by atoms with Gasteiger partial charge in [0.15, 0.2) is 0 Å². The molecule has 0 saturated carbocycles. The number of rotatable bonds is 5. The Hall–Kier alpha value is -3.81. The minimum atomic E-state index is -0.320. The summed E-state index contributed by atoms with van der Waals surface area (Å²) < 4.78 is 1.60. The van der Waals surface area contributed by atoms with Crippen LogP contribution in [0.5, 0.6) is 5.75 Å². The van der Waals surface area contributed by atoms with Crippen molar-refractivity contribution in [2.75, 3.05) is 5.32 Å². The number of H-pyrrole nitrogens is 1. The average molecular weight is 393 g/mol. The third-order valence-corrected chi connectivity index (χ3v) is 4.84. The van der Waals surface area contributed by atoms with Crippen LogP contribution in [-0.2, 0) is 11.2 Å². The Morgan fingerprint density at radius 1 is 1.21 bits per heavy atom. The Labute approximate surface area is 167 Å². The third-order valence-electron chi connectivity index (χ3n) is 4.84. The van der Waals surface area contributed by atoms with Crippen molar-refractivity contribution in [3.8, 4) is 11.4 Å². The molecule has 2 aromatic carbocycles. The Balaban J connectivity index is 1.80. The number of hydrogen-bond acceptors (Lipinski definition) is 4. The number of nitrogens with two attached hydrogens (primary N) is 1. The molecule has 150 valence electrons. The number of nitrogen functional groups attached to an aromatic ring is 1. The Kier molecular flexibility index (Phi) is 5.27. The first kappa shape index (κ1) is 19.9. The van der Waals surface area contributed by atoms with E-state index in [2.05, 4.69) is 10.3 Å². The molecular weight excluding hydrogens is 370 g/mol. The van der Waals surface area contributed by atoms with Gasteiger partial charge in [-0.2, -0.15) is 0 Å². The minimum Gasteiger partial charge on any atom is -0.508 e. The number of anilines is 1. The molecule has 1 heterocycles. The first-order valence-corrected chi connectivity index (χ1v) is 9.02. The molecule has 0 radical (unpaired) electrons. The fourth-order valence-electron chi connectivity index (χ4n) is 3.17. The number of amides is 1. The van der Waals surface area contributed by atoms with Gasteiger partial charge in [0, 0.05) is 28.2 Å². The van der Waals surface area contributed by atoms with Gasteiger partial charge in [-0.05, 0) is 62.7 Å². The molecule has 0 spiro atoms. The van der Waals surface area contributed by atoms with Gasteiger partial charge in [-0.1, -0.05) is 0 Å². The number of imidazole rings is 1. The van der Waals surface area contributed by atoms with Crippen molar-refractivity contribution in [1.29, 1.82) is 5.41 Å². The summed E-state index contributed by atoms with van der Waals surface area (Å²) in [7, 11) is 0. The summed E-state index contributed by atoms with van der Waals surface area (Å²) in [5.74, 6) is -0.489. The number of aromatic amines is 1. The van der Waals surface area contributed by atoms with Gasteiger partial charge in [0.25, 0.3) is 0 Å². The van der Waals surface area contributed by atoms with Crippen LogP contribution in [0.2, 0.25) is 0 Å². The fourth-order valence-corrected chi connectivity index (χ4v) is 3.17. The van der Waals surface area contributed by atoms with E-state index in [1.807, 2.05) is 20.8 Å². The van der Waals surface area contributed by atoms with Gasteiger partial charge < -0.3 is 21.1 Å². The number of carbonyl (C=O) groups excluding carboxylic acids is 1. The zero-order valence-electron chi connectivity index (χ0n) is 16.5. The maximum absolute atomic E-state index is 12.4. The number of nitrogens with one attached hydrogen (secondary N) is 3. The van der Waals surface area contributed by atoms with Gasteiger partial charge in [-0.25, -0.2) is 4.79 Å². The van der Waals surface area contributed by atoms with Gasteiger partial charge in [0.05, 0.1) is 12.1 Å². The van der Waals surface area contributed by atoms with E-state index in [-0.39, 0.29) is 29.6 Å². The summed E-state index contributed by atoms with van der Waals surface area (Å²) in [6.07, 6.45) is -0.0661. The van der Waals surface area contributed by atoms with E-state index in [1.165, 1.54) is 18.2 Å². The van der Waals surface area contributed by atoms with Crippen LogP contribution in [0.25, 0.3) is 5.69 Å². The van der Waals surface area contributed by atoms with Crippen LogP contribution in [0.1, 0.15) is 28.1 Å². The summed E-state index contributed by atoms with van der Waals surface area (Å²) >= 11 is 0. The zero-order valence-corrected chi connectivity index (χ0v) is 16.5. The van der Waals surface area contributed by atoms with Crippen molar-refractivity contribution in [3.05, 3.63) is 75.0 Å². The van der Waals surface area contributed by atoms with Crippen LogP contribution in [0, 0.1) is 26.2 Å². The van der Waals surface area contributed by atoms with E-state index in [0.717, 1.165) is 22.6 Å². The summed E-state index contributed by atoms with van der Waals surface area (Å²) in [6.45, 7) is 5.57. The number of aromatic hydroxyl groups is 1. The average Bonchev–Trinajstić information content (AvgIpc) is 2.89. The number of hydrogen-bond donors (Lipinski definition) is 5. The lowest BCUT2D eigenvalue weighted by molar-refractivity contribution is -0.115. The molecule has 8 heteroatoms. The maximum Gasteiger partial charge on any atom is 0.330 e. The zero-order chi connectivity index (χ0) is 21.3. The molecule has 0 bridgehead atoms.